The van der Waals surface area contributed by atoms with Gasteiger partial charge in [-0.1, -0.05) is 11.6 Å². The lowest BCUT2D eigenvalue weighted by molar-refractivity contribution is 0.418. The van der Waals surface area contributed by atoms with E-state index < -0.39 is 0 Å². The van der Waals surface area contributed by atoms with Gasteiger partial charge in [0.05, 0.1) is 0 Å². The van der Waals surface area contributed by atoms with E-state index in [2.05, 4.69) is 37.3 Å². The quantitative estimate of drug-likeness (QED) is 0.749. The average molecular weight is 356 g/mol. The fourth-order valence-electron chi connectivity index (χ4n) is 3.48. The van der Waals surface area contributed by atoms with Crippen molar-refractivity contribution in [2.75, 3.05) is 18.0 Å². The molecule has 1 unspecified atom stereocenters. The van der Waals surface area contributed by atoms with Crippen LogP contribution in [0.5, 0.6) is 0 Å². The average Bonchev–Trinajstić information content (AvgIpc) is 3.02. The summed E-state index contributed by atoms with van der Waals surface area (Å²) in [6.07, 6.45) is 4.01. The van der Waals surface area contributed by atoms with E-state index >= 15 is 0 Å². The molecule has 1 aliphatic heterocycles. The zero-order valence-electron chi connectivity index (χ0n) is 14.3. The highest BCUT2D eigenvalue weighted by atomic mass is 35.5. The summed E-state index contributed by atoms with van der Waals surface area (Å²) < 4.78 is 0. The van der Waals surface area contributed by atoms with Gasteiger partial charge < -0.3 is 15.2 Å². The van der Waals surface area contributed by atoms with Gasteiger partial charge in [0.15, 0.2) is 0 Å². The van der Waals surface area contributed by atoms with Gasteiger partial charge in [-0.25, -0.2) is 9.97 Å². The lowest BCUT2D eigenvalue weighted by Gasteiger charge is -2.34. The van der Waals surface area contributed by atoms with Crippen molar-refractivity contribution in [3.05, 3.63) is 53.1 Å². The number of aryl methyl sites for hydroxylation is 1. The minimum atomic E-state index is 0.457. The third kappa shape index (κ3) is 3.78. The summed E-state index contributed by atoms with van der Waals surface area (Å²) in [5.41, 5.74) is 3.33. The number of benzene rings is 1. The topological polar surface area (TPSA) is 56.8 Å². The smallest absolute Gasteiger partial charge is 0.132 e. The summed E-state index contributed by atoms with van der Waals surface area (Å²) in [4.78, 5) is 14.4. The number of fused-ring (bicyclic) bond motifs is 1. The molecule has 5 nitrogen and oxygen atoms in total. The number of nitrogens with zero attached hydrogens (tertiary/aromatic N) is 3. The number of H-pyrrole nitrogens is 1. The first kappa shape index (κ1) is 16.4. The molecule has 1 fully saturated rings. The SMILES string of the molecule is Cc1cc(N2CCCC(NCc3cc4cc(Cl)ccc4[nH]3)C2)ncn1. The molecule has 0 aliphatic carbocycles. The lowest BCUT2D eigenvalue weighted by atomic mass is 10.1. The predicted octanol–water partition coefficient (Wildman–Crippen LogP) is 3.68. The Bertz CT molecular complexity index is 875. The summed E-state index contributed by atoms with van der Waals surface area (Å²) in [6, 6.07) is 10.6. The molecule has 1 aromatic carbocycles. The summed E-state index contributed by atoms with van der Waals surface area (Å²) in [5.74, 6) is 1.03. The first-order chi connectivity index (χ1) is 12.2. The molecule has 0 spiro atoms. The summed E-state index contributed by atoms with van der Waals surface area (Å²) in [7, 11) is 0. The summed E-state index contributed by atoms with van der Waals surface area (Å²) >= 11 is 6.07. The number of anilines is 1. The van der Waals surface area contributed by atoms with Crippen molar-refractivity contribution >= 4 is 28.3 Å². The highest BCUT2D eigenvalue weighted by molar-refractivity contribution is 6.31. The van der Waals surface area contributed by atoms with Crippen LogP contribution in [0.25, 0.3) is 10.9 Å². The number of halogens is 1. The molecule has 130 valence electrons. The minimum Gasteiger partial charge on any atom is -0.357 e. The first-order valence-corrected chi connectivity index (χ1v) is 9.09. The first-order valence-electron chi connectivity index (χ1n) is 8.71. The van der Waals surface area contributed by atoms with E-state index in [1.54, 1.807) is 6.33 Å². The van der Waals surface area contributed by atoms with E-state index in [1.807, 2.05) is 25.1 Å². The molecule has 0 amide bonds. The Hall–Kier alpha value is -2.11. The molecule has 2 aromatic heterocycles. The standard InChI is InChI=1S/C19H22ClN5/c1-13-7-19(23-12-22-13)25-6-2-3-16(11-25)21-10-17-9-14-8-15(20)4-5-18(14)24-17/h4-5,7-9,12,16,21,24H,2-3,6,10-11H2,1H3. The van der Waals surface area contributed by atoms with Crippen LogP contribution in [-0.4, -0.2) is 34.1 Å². The van der Waals surface area contributed by atoms with E-state index in [-0.39, 0.29) is 0 Å². The van der Waals surface area contributed by atoms with Crippen molar-refractivity contribution in [1.82, 2.24) is 20.3 Å². The Balaban J connectivity index is 1.40. The van der Waals surface area contributed by atoms with Crippen molar-refractivity contribution in [3.63, 3.8) is 0 Å². The van der Waals surface area contributed by atoms with Crippen molar-refractivity contribution in [1.29, 1.82) is 0 Å². The molecule has 3 heterocycles. The van der Waals surface area contributed by atoms with E-state index in [1.165, 1.54) is 18.5 Å². The van der Waals surface area contributed by atoms with Crippen LogP contribution in [0.2, 0.25) is 5.02 Å². The lowest BCUT2D eigenvalue weighted by Crippen LogP contribution is -2.45. The van der Waals surface area contributed by atoms with Crippen molar-refractivity contribution in [3.8, 4) is 0 Å². The molecule has 0 saturated carbocycles. The van der Waals surface area contributed by atoms with Crippen LogP contribution in [0.15, 0.2) is 36.7 Å². The molecule has 4 rings (SSSR count). The van der Waals surface area contributed by atoms with Crippen LogP contribution in [-0.2, 0) is 6.54 Å². The Morgan fingerprint density at radius 2 is 2.20 bits per heavy atom. The zero-order valence-corrected chi connectivity index (χ0v) is 15.1. The van der Waals surface area contributed by atoms with Gasteiger partial charge in [0.25, 0.3) is 0 Å². The molecule has 6 heteroatoms. The predicted molar refractivity (Wildman–Crippen MR) is 102 cm³/mol. The van der Waals surface area contributed by atoms with Gasteiger partial charge in [0.1, 0.15) is 12.1 Å². The zero-order chi connectivity index (χ0) is 17.2. The number of aromatic nitrogens is 3. The molecular weight excluding hydrogens is 334 g/mol. The van der Waals surface area contributed by atoms with Crippen LogP contribution in [0.3, 0.4) is 0 Å². The fraction of sp³-hybridized carbons (Fsp3) is 0.368. The number of rotatable bonds is 4. The molecule has 1 aliphatic rings. The minimum absolute atomic E-state index is 0.457. The Morgan fingerprint density at radius 3 is 3.08 bits per heavy atom. The van der Waals surface area contributed by atoms with Gasteiger partial charge >= 0.3 is 0 Å². The third-order valence-corrected chi connectivity index (χ3v) is 4.99. The summed E-state index contributed by atoms with van der Waals surface area (Å²) in [6.45, 7) is 4.86. The number of piperidine rings is 1. The normalized spacial score (nSPS) is 18.0. The molecular formula is C19H22ClN5. The van der Waals surface area contributed by atoms with Gasteiger partial charge in [-0.15, -0.1) is 0 Å². The van der Waals surface area contributed by atoms with Crippen LogP contribution >= 0.6 is 11.6 Å². The number of nitrogens with one attached hydrogen (secondary N) is 2. The Morgan fingerprint density at radius 1 is 1.28 bits per heavy atom. The Kier molecular flexibility index (Phi) is 4.59. The monoisotopic (exact) mass is 355 g/mol. The van der Waals surface area contributed by atoms with Gasteiger partial charge in [-0.2, -0.15) is 0 Å². The summed E-state index contributed by atoms with van der Waals surface area (Å²) in [5, 5.41) is 5.61. The number of aromatic amines is 1. The highest BCUT2D eigenvalue weighted by Crippen LogP contribution is 2.21. The van der Waals surface area contributed by atoms with Gasteiger partial charge in [-0.3, -0.25) is 0 Å². The van der Waals surface area contributed by atoms with Gasteiger partial charge in [0.2, 0.25) is 0 Å². The van der Waals surface area contributed by atoms with Gasteiger partial charge in [-0.05, 0) is 44.0 Å². The van der Waals surface area contributed by atoms with Crippen LogP contribution in [0.1, 0.15) is 24.2 Å². The maximum Gasteiger partial charge on any atom is 0.132 e. The maximum absolute atomic E-state index is 6.07. The van der Waals surface area contributed by atoms with Crippen LogP contribution in [0.4, 0.5) is 5.82 Å². The molecule has 0 radical (unpaired) electrons. The molecule has 25 heavy (non-hydrogen) atoms. The second-order valence-corrected chi connectivity index (χ2v) is 7.15. The second kappa shape index (κ2) is 7.02. The van der Waals surface area contributed by atoms with E-state index in [0.29, 0.717) is 6.04 Å². The number of hydrogen-bond acceptors (Lipinski definition) is 4. The molecule has 2 N–H and O–H groups in total. The van der Waals surface area contributed by atoms with E-state index in [0.717, 1.165) is 47.1 Å². The second-order valence-electron chi connectivity index (χ2n) is 6.71. The third-order valence-electron chi connectivity index (χ3n) is 4.75. The van der Waals surface area contributed by atoms with Crippen molar-refractivity contribution in [2.45, 2.75) is 32.4 Å². The van der Waals surface area contributed by atoms with E-state index in [9.17, 15) is 0 Å². The highest BCUT2D eigenvalue weighted by Gasteiger charge is 2.20. The largest absolute Gasteiger partial charge is 0.357 e. The number of hydrogen-bond donors (Lipinski definition) is 2. The molecule has 3 aromatic rings. The molecule has 1 atom stereocenters. The van der Waals surface area contributed by atoms with Crippen LogP contribution < -0.4 is 10.2 Å². The van der Waals surface area contributed by atoms with E-state index in [4.69, 9.17) is 11.6 Å². The molecule has 1 saturated heterocycles. The van der Waals surface area contributed by atoms with Crippen molar-refractivity contribution in [2.24, 2.45) is 0 Å². The van der Waals surface area contributed by atoms with Crippen LogP contribution in [0, 0.1) is 6.92 Å². The van der Waals surface area contributed by atoms with Gasteiger partial charge in [0, 0.05) is 59.1 Å². The fourth-order valence-corrected chi connectivity index (χ4v) is 3.66. The molecule has 0 bridgehead atoms. The Labute approximate surface area is 152 Å². The maximum atomic E-state index is 6.07. The van der Waals surface area contributed by atoms with Crippen molar-refractivity contribution < 1.29 is 0 Å².